The molecule has 0 rings (SSSR count). The molecule has 528 valence electrons. The normalized spacial score (nSPS) is 14.9. The van der Waals surface area contributed by atoms with Crippen LogP contribution in [0, 0.1) is 23.7 Å². The first-order valence-corrected chi connectivity index (χ1v) is 39.3. The first kappa shape index (κ1) is 87.1. The second-order valence-corrected chi connectivity index (χ2v) is 29.6. The molecule has 89 heavy (non-hydrogen) atoms. The van der Waals surface area contributed by atoms with Gasteiger partial charge >= 0.3 is 39.5 Å². The van der Waals surface area contributed by atoms with E-state index >= 15 is 0 Å². The predicted octanol–water partition coefficient (Wildman–Crippen LogP) is 19.7. The van der Waals surface area contributed by atoms with Crippen molar-refractivity contribution in [2.45, 2.75) is 363 Å². The maximum atomic E-state index is 13.0. The molecule has 7 atom stereocenters. The largest absolute Gasteiger partial charge is 0.472 e. The van der Waals surface area contributed by atoms with Gasteiger partial charge in [0.15, 0.2) is 12.2 Å². The van der Waals surface area contributed by atoms with Crippen LogP contribution in [-0.2, 0) is 65.4 Å². The monoisotopic (exact) mass is 1310 g/mol. The number of rotatable bonds is 67. The number of hydrogen-bond donors (Lipinski definition) is 3. The molecule has 0 aromatic rings. The summed E-state index contributed by atoms with van der Waals surface area (Å²) in [5.41, 5.74) is 0. The van der Waals surface area contributed by atoms with Crippen molar-refractivity contribution in [1.82, 2.24) is 0 Å². The molecule has 0 fully saturated rings. The summed E-state index contributed by atoms with van der Waals surface area (Å²) in [4.78, 5) is 72.5. The van der Waals surface area contributed by atoms with Crippen LogP contribution >= 0.6 is 15.6 Å². The number of unbranched alkanes of at least 4 members (excludes halogenated alkanes) is 31. The molecule has 0 aliphatic heterocycles. The number of ether oxygens (including phenoxy) is 4. The van der Waals surface area contributed by atoms with E-state index in [0.717, 1.165) is 108 Å². The highest BCUT2D eigenvalue weighted by molar-refractivity contribution is 7.47. The Kier molecular flexibility index (Phi) is 58.5. The topological polar surface area (TPSA) is 237 Å². The Balaban J connectivity index is 5.26. The predicted molar refractivity (Wildman–Crippen MR) is 358 cm³/mol. The van der Waals surface area contributed by atoms with Crippen LogP contribution in [0.3, 0.4) is 0 Å². The average molecular weight is 1310 g/mol. The molecule has 3 N–H and O–H groups in total. The summed E-state index contributed by atoms with van der Waals surface area (Å²) in [5.74, 6) is 0.903. The Morgan fingerprint density at radius 3 is 0.798 bits per heavy atom. The molecule has 0 saturated heterocycles. The minimum atomic E-state index is -4.95. The van der Waals surface area contributed by atoms with Crippen LogP contribution < -0.4 is 0 Å². The van der Waals surface area contributed by atoms with Crippen molar-refractivity contribution in [3.05, 3.63) is 0 Å². The van der Waals surface area contributed by atoms with E-state index in [-0.39, 0.29) is 25.7 Å². The Morgan fingerprint density at radius 1 is 0.315 bits per heavy atom. The second-order valence-electron chi connectivity index (χ2n) is 26.7. The molecular formula is C70H136O17P2. The van der Waals surface area contributed by atoms with E-state index in [1.807, 2.05) is 0 Å². The van der Waals surface area contributed by atoms with Gasteiger partial charge in [-0.3, -0.25) is 37.3 Å². The van der Waals surface area contributed by atoms with Crippen molar-refractivity contribution in [1.29, 1.82) is 0 Å². The molecular weight excluding hydrogens is 1170 g/mol. The number of esters is 4. The number of hydrogen-bond acceptors (Lipinski definition) is 15. The molecule has 0 aliphatic rings. The van der Waals surface area contributed by atoms with Crippen LogP contribution in [0.2, 0.25) is 0 Å². The van der Waals surface area contributed by atoms with Crippen molar-refractivity contribution in [2.75, 3.05) is 39.6 Å². The Bertz CT molecular complexity index is 1770. The minimum absolute atomic E-state index is 0.102. The fourth-order valence-electron chi connectivity index (χ4n) is 10.4. The molecule has 0 aliphatic carbocycles. The smallest absolute Gasteiger partial charge is 0.462 e. The maximum Gasteiger partial charge on any atom is 0.472 e. The molecule has 0 aromatic carbocycles. The summed E-state index contributed by atoms with van der Waals surface area (Å²) in [6.07, 6.45) is 41.6. The Hall–Kier alpha value is -1.94. The van der Waals surface area contributed by atoms with Crippen LogP contribution in [0.4, 0.5) is 0 Å². The van der Waals surface area contributed by atoms with E-state index in [1.54, 1.807) is 0 Å². The summed E-state index contributed by atoms with van der Waals surface area (Å²) in [6.45, 7) is 14.1. The fourth-order valence-corrected chi connectivity index (χ4v) is 12.0. The van der Waals surface area contributed by atoms with Gasteiger partial charge in [0.2, 0.25) is 0 Å². The summed E-state index contributed by atoms with van der Waals surface area (Å²) in [5, 5.41) is 10.6. The van der Waals surface area contributed by atoms with Crippen LogP contribution in [0.25, 0.3) is 0 Å². The lowest BCUT2D eigenvalue weighted by molar-refractivity contribution is -0.161. The van der Waals surface area contributed by atoms with Gasteiger partial charge in [-0.05, 0) is 49.4 Å². The Labute approximate surface area is 543 Å². The van der Waals surface area contributed by atoms with E-state index in [1.165, 1.54) is 148 Å². The number of carbonyl (C=O) groups excluding carboxylic acids is 4. The van der Waals surface area contributed by atoms with E-state index < -0.39 is 97.5 Å². The van der Waals surface area contributed by atoms with Crippen molar-refractivity contribution < 1.29 is 80.2 Å². The molecule has 0 amide bonds. The number of phosphoric acid groups is 2. The molecule has 19 heteroatoms. The van der Waals surface area contributed by atoms with Crippen molar-refractivity contribution in [3.8, 4) is 0 Å². The second kappa shape index (κ2) is 59.8. The summed E-state index contributed by atoms with van der Waals surface area (Å²) >= 11 is 0. The zero-order chi connectivity index (χ0) is 66.1. The number of phosphoric ester groups is 2. The average Bonchev–Trinajstić information content (AvgIpc) is 3.65. The molecule has 0 aromatic heterocycles. The van der Waals surface area contributed by atoms with Crippen molar-refractivity contribution in [2.24, 2.45) is 23.7 Å². The number of carbonyl (C=O) groups is 4. The highest BCUT2D eigenvalue weighted by Crippen LogP contribution is 2.45. The van der Waals surface area contributed by atoms with Gasteiger partial charge in [0, 0.05) is 25.7 Å². The third kappa shape index (κ3) is 62.0. The van der Waals surface area contributed by atoms with Crippen LogP contribution in [0.15, 0.2) is 0 Å². The maximum absolute atomic E-state index is 13.0. The lowest BCUT2D eigenvalue weighted by atomic mass is 9.99. The van der Waals surface area contributed by atoms with Gasteiger partial charge in [-0.15, -0.1) is 0 Å². The third-order valence-corrected chi connectivity index (χ3v) is 18.7. The summed E-state index contributed by atoms with van der Waals surface area (Å²) < 4.78 is 68.3. The highest BCUT2D eigenvalue weighted by atomic mass is 31.2. The van der Waals surface area contributed by atoms with E-state index in [4.69, 9.17) is 37.0 Å². The van der Waals surface area contributed by atoms with Gasteiger partial charge in [0.1, 0.15) is 19.3 Å². The van der Waals surface area contributed by atoms with Crippen LogP contribution in [-0.4, -0.2) is 96.7 Å². The van der Waals surface area contributed by atoms with Gasteiger partial charge in [-0.1, -0.05) is 293 Å². The molecule has 0 heterocycles. The molecule has 0 saturated carbocycles. The zero-order valence-corrected chi connectivity index (χ0v) is 59.8. The number of aliphatic hydroxyl groups excluding tert-OH is 1. The quantitative estimate of drug-likeness (QED) is 0.0222. The first-order valence-electron chi connectivity index (χ1n) is 36.3. The third-order valence-electron chi connectivity index (χ3n) is 16.8. The van der Waals surface area contributed by atoms with Gasteiger partial charge in [-0.25, -0.2) is 9.13 Å². The highest BCUT2D eigenvalue weighted by Gasteiger charge is 2.30. The van der Waals surface area contributed by atoms with Crippen LogP contribution in [0.1, 0.15) is 344 Å². The summed E-state index contributed by atoms with van der Waals surface area (Å²) in [6, 6.07) is 0. The number of aliphatic hydroxyl groups is 1. The minimum Gasteiger partial charge on any atom is -0.462 e. The van der Waals surface area contributed by atoms with E-state index in [9.17, 15) is 43.2 Å². The standard InChI is InChI=1S/C70H136O17P2/c1-9-62(7)48-40-32-24-15-11-13-17-26-34-42-50-67(72)80-56-65(86-69(74)52-44-36-28-18-14-12-16-25-33-41-49-63(8)10-2)58-84-88(76,77)82-54-64(71)55-83-89(78,79)85-59-66(87-70(75)53-45-37-29-21-23-31-39-47-61(5)6)57-81-68(73)51-43-35-27-20-19-22-30-38-46-60(3)4/h60-66,71H,9-59H2,1-8H3,(H,76,77)(H,78,79)/t62?,63?,64?,65-,66-/m1/s1. The van der Waals surface area contributed by atoms with Crippen LogP contribution in [0.5, 0.6) is 0 Å². The Morgan fingerprint density at radius 2 is 0.539 bits per heavy atom. The summed E-state index contributed by atoms with van der Waals surface area (Å²) in [7, 11) is -9.90. The first-order chi connectivity index (χ1) is 42.7. The molecule has 17 nitrogen and oxygen atoms in total. The molecule has 5 unspecified atom stereocenters. The fraction of sp³-hybridized carbons (Fsp3) is 0.943. The van der Waals surface area contributed by atoms with Gasteiger partial charge < -0.3 is 33.8 Å². The molecule has 0 spiro atoms. The SMILES string of the molecule is CCC(C)CCCCCCCCCCCCC(=O)OC[C@H](COP(=O)(O)OCC(O)COP(=O)(O)OC[C@@H](COC(=O)CCCCCCCCCCC(C)C)OC(=O)CCCCCCCCCC(C)C)OC(=O)CCCCCCCCCCCCC(C)CC. The lowest BCUT2D eigenvalue weighted by Crippen LogP contribution is -2.30. The molecule has 0 radical (unpaired) electrons. The van der Waals surface area contributed by atoms with Gasteiger partial charge in [0.25, 0.3) is 0 Å². The van der Waals surface area contributed by atoms with Crippen molar-refractivity contribution in [3.63, 3.8) is 0 Å². The lowest BCUT2D eigenvalue weighted by Gasteiger charge is -2.21. The molecule has 0 bridgehead atoms. The van der Waals surface area contributed by atoms with E-state index in [2.05, 4.69) is 55.4 Å². The van der Waals surface area contributed by atoms with Crippen molar-refractivity contribution >= 4 is 39.5 Å². The van der Waals surface area contributed by atoms with Gasteiger partial charge in [-0.2, -0.15) is 0 Å². The zero-order valence-electron chi connectivity index (χ0n) is 58.1. The van der Waals surface area contributed by atoms with Gasteiger partial charge in [0.05, 0.1) is 26.4 Å². The van der Waals surface area contributed by atoms with E-state index in [0.29, 0.717) is 31.6 Å².